The van der Waals surface area contributed by atoms with Crippen LogP contribution < -0.4 is 4.74 Å². The smallest absolute Gasteiger partial charge is 0.227 e. The van der Waals surface area contributed by atoms with Crippen LogP contribution in [0, 0.1) is 0 Å². The summed E-state index contributed by atoms with van der Waals surface area (Å²) in [6.07, 6.45) is 2.36. The molecule has 2 aromatic carbocycles. The number of hydrogen-bond acceptors (Lipinski definition) is 3. The molecule has 1 heterocycles. The van der Waals surface area contributed by atoms with Gasteiger partial charge in [0.2, 0.25) is 5.91 Å². The fraction of sp³-hybridized carbons (Fsp3) is 0.316. The number of phenolic OH excluding ortho intramolecular Hbond substituents is 1. The van der Waals surface area contributed by atoms with Gasteiger partial charge in [0.05, 0.1) is 19.6 Å². The highest BCUT2D eigenvalue weighted by Gasteiger charge is 2.29. The minimum atomic E-state index is 0.120. The Labute approximate surface area is 136 Å². The van der Waals surface area contributed by atoms with Crippen molar-refractivity contribution in [1.29, 1.82) is 0 Å². The van der Waals surface area contributed by atoms with Crippen LogP contribution in [0.5, 0.6) is 11.5 Å². The minimum absolute atomic E-state index is 0.120. The van der Waals surface area contributed by atoms with Gasteiger partial charge in [-0.3, -0.25) is 4.79 Å². The molecule has 4 nitrogen and oxygen atoms in total. The van der Waals surface area contributed by atoms with E-state index in [0.717, 1.165) is 36.3 Å². The molecule has 0 bridgehead atoms. The largest absolute Gasteiger partial charge is 0.508 e. The van der Waals surface area contributed by atoms with Crippen LogP contribution in [0.4, 0.5) is 0 Å². The van der Waals surface area contributed by atoms with E-state index in [1.807, 2.05) is 23.1 Å². The Kier molecular flexibility index (Phi) is 4.51. The van der Waals surface area contributed by atoms with Crippen LogP contribution >= 0.6 is 0 Å². The van der Waals surface area contributed by atoms with Crippen molar-refractivity contribution in [1.82, 2.24) is 4.90 Å². The average molecular weight is 311 g/mol. The zero-order chi connectivity index (χ0) is 16.2. The van der Waals surface area contributed by atoms with Crippen molar-refractivity contribution in [2.45, 2.75) is 25.3 Å². The van der Waals surface area contributed by atoms with Crippen molar-refractivity contribution >= 4 is 5.91 Å². The fourth-order valence-electron chi connectivity index (χ4n) is 3.15. The number of amides is 1. The van der Waals surface area contributed by atoms with E-state index in [9.17, 15) is 9.90 Å². The summed E-state index contributed by atoms with van der Waals surface area (Å²) in [6.45, 7) is 0.790. The SMILES string of the molecule is COc1cccc(C2CCCN2C(=O)Cc2ccc(O)cc2)c1. The monoisotopic (exact) mass is 311 g/mol. The molecule has 23 heavy (non-hydrogen) atoms. The van der Waals surface area contributed by atoms with E-state index in [1.165, 1.54) is 0 Å². The van der Waals surface area contributed by atoms with Crippen molar-refractivity contribution in [3.8, 4) is 11.5 Å². The summed E-state index contributed by atoms with van der Waals surface area (Å²) in [4.78, 5) is 14.6. The zero-order valence-corrected chi connectivity index (χ0v) is 13.2. The Morgan fingerprint density at radius 3 is 2.78 bits per heavy atom. The summed E-state index contributed by atoms with van der Waals surface area (Å²) in [5.41, 5.74) is 2.05. The Balaban J connectivity index is 1.75. The lowest BCUT2D eigenvalue weighted by molar-refractivity contribution is -0.131. The number of ether oxygens (including phenoxy) is 1. The van der Waals surface area contributed by atoms with Crippen LogP contribution in [-0.2, 0) is 11.2 Å². The molecule has 1 saturated heterocycles. The zero-order valence-electron chi connectivity index (χ0n) is 13.2. The number of rotatable bonds is 4. The molecule has 0 aliphatic carbocycles. The van der Waals surface area contributed by atoms with Crippen molar-refractivity contribution in [2.24, 2.45) is 0 Å². The standard InChI is InChI=1S/C19H21NO3/c1-23-17-5-2-4-15(13-17)18-6-3-11-20(18)19(22)12-14-7-9-16(21)10-8-14/h2,4-5,7-10,13,18,21H,3,6,11-12H2,1H3. The maximum atomic E-state index is 12.7. The normalized spacial score (nSPS) is 17.3. The lowest BCUT2D eigenvalue weighted by Gasteiger charge is -2.25. The molecular formula is C19H21NO3. The summed E-state index contributed by atoms with van der Waals surface area (Å²) >= 11 is 0. The number of hydrogen-bond donors (Lipinski definition) is 1. The van der Waals surface area contributed by atoms with Crippen LogP contribution in [0.15, 0.2) is 48.5 Å². The highest BCUT2D eigenvalue weighted by molar-refractivity contribution is 5.79. The quantitative estimate of drug-likeness (QED) is 0.942. The van der Waals surface area contributed by atoms with Gasteiger partial charge in [-0.2, -0.15) is 0 Å². The van der Waals surface area contributed by atoms with Crippen molar-refractivity contribution in [2.75, 3.05) is 13.7 Å². The summed E-state index contributed by atoms with van der Waals surface area (Å²) in [5.74, 6) is 1.16. The van der Waals surface area contributed by atoms with E-state index in [2.05, 4.69) is 6.07 Å². The van der Waals surface area contributed by atoms with Crippen molar-refractivity contribution in [3.05, 3.63) is 59.7 Å². The number of carbonyl (C=O) groups is 1. The second-order valence-corrected chi connectivity index (χ2v) is 5.86. The summed E-state index contributed by atoms with van der Waals surface area (Å²) in [6, 6.07) is 14.9. The highest BCUT2D eigenvalue weighted by atomic mass is 16.5. The van der Waals surface area contributed by atoms with E-state index in [0.29, 0.717) is 6.42 Å². The maximum Gasteiger partial charge on any atom is 0.227 e. The number of aromatic hydroxyl groups is 1. The third kappa shape index (κ3) is 3.47. The van der Waals surface area contributed by atoms with Crippen LogP contribution in [0.2, 0.25) is 0 Å². The number of likely N-dealkylation sites (tertiary alicyclic amines) is 1. The number of methoxy groups -OCH3 is 1. The molecule has 0 spiro atoms. The van der Waals surface area contributed by atoms with Gasteiger partial charge in [-0.05, 0) is 48.2 Å². The van der Waals surface area contributed by atoms with Crippen LogP contribution in [0.3, 0.4) is 0 Å². The van der Waals surface area contributed by atoms with Gasteiger partial charge in [-0.25, -0.2) is 0 Å². The van der Waals surface area contributed by atoms with E-state index in [1.54, 1.807) is 31.4 Å². The Morgan fingerprint density at radius 1 is 1.26 bits per heavy atom. The molecule has 3 rings (SSSR count). The third-order valence-corrected chi connectivity index (χ3v) is 4.34. The number of nitrogens with zero attached hydrogens (tertiary/aromatic N) is 1. The second-order valence-electron chi connectivity index (χ2n) is 5.86. The lowest BCUT2D eigenvalue weighted by atomic mass is 10.0. The first-order chi connectivity index (χ1) is 11.2. The minimum Gasteiger partial charge on any atom is -0.508 e. The molecule has 1 N–H and O–H groups in total. The molecule has 2 aromatic rings. The topological polar surface area (TPSA) is 49.8 Å². The third-order valence-electron chi connectivity index (χ3n) is 4.34. The van der Waals surface area contributed by atoms with Crippen LogP contribution in [0.1, 0.15) is 30.0 Å². The molecular weight excluding hydrogens is 290 g/mol. The van der Waals surface area contributed by atoms with Gasteiger partial charge in [-0.15, -0.1) is 0 Å². The molecule has 4 heteroatoms. The second kappa shape index (κ2) is 6.73. The number of phenols is 1. The molecule has 120 valence electrons. The highest BCUT2D eigenvalue weighted by Crippen LogP contribution is 2.33. The maximum absolute atomic E-state index is 12.7. The van der Waals surface area contributed by atoms with Gasteiger partial charge in [0, 0.05) is 6.54 Å². The van der Waals surface area contributed by atoms with Crippen molar-refractivity contribution < 1.29 is 14.6 Å². The molecule has 0 saturated carbocycles. The number of carbonyl (C=O) groups excluding carboxylic acids is 1. The van der Waals surface area contributed by atoms with E-state index in [-0.39, 0.29) is 17.7 Å². The van der Waals surface area contributed by atoms with Gasteiger partial charge >= 0.3 is 0 Å². The first kappa shape index (κ1) is 15.4. The van der Waals surface area contributed by atoms with E-state index in [4.69, 9.17) is 4.74 Å². The molecule has 1 aliphatic heterocycles. The number of benzene rings is 2. The summed E-state index contributed by atoms with van der Waals surface area (Å²) < 4.78 is 5.29. The molecule has 1 atom stereocenters. The predicted molar refractivity (Wildman–Crippen MR) is 88.5 cm³/mol. The Hall–Kier alpha value is -2.49. The average Bonchev–Trinajstić information content (AvgIpc) is 3.07. The first-order valence-electron chi connectivity index (χ1n) is 7.88. The van der Waals surface area contributed by atoms with Crippen molar-refractivity contribution in [3.63, 3.8) is 0 Å². The Morgan fingerprint density at radius 2 is 2.04 bits per heavy atom. The molecule has 1 fully saturated rings. The Bertz CT molecular complexity index is 681. The lowest BCUT2D eigenvalue weighted by Crippen LogP contribution is -2.31. The molecule has 0 radical (unpaired) electrons. The van der Waals surface area contributed by atoms with Crippen LogP contribution in [0.25, 0.3) is 0 Å². The molecule has 1 aliphatic rings. The van der Waals surface area contributed by atoms with E-state index < -0.39 is 0 Å². The van der Waals surface area contributed by atoms with Gasteiger partial charge in [-0.1, -0.05) is 24.3 Å². The predicted octanol–water partition coefficient (Wildman–Crippen LogP) is 3.31. The summed E-state index contributed by atoms with van der Waals surface area (Å²) in [7, 11) is 1.65. The van der Waals surface area contributed by atoms with Crippen LogP contribution in [-0.4, -0.2) is 29.6 Å². The van der Waals surface area contributed by atoms with Gasteiger partial charge in [0.25, 0.3) is 0 Å². The molecule has 1 unspecified atom stereocenters. The van der Waals surface area contributed by atoms with Gasteiger partial charge < -0.3 is 14.7 Å². The van der Waals surface area contributed by atoms with Gasteiger partial charge in [0.1, 0.15) is 11.5 Å². The fourth-order valence-corrected chi connectivity index (χ4v) is 3.15. The first-order valence-corrected chi connectivity index (χ1v) is 7.88. The van der Waals surface area contributed by atoms with Gasteiger partial charge in [0.15, 0.2) is 0 Å². The summed E-state index contributed by atoms with van der Waals surface area (Å²) in [5, 5.41) is 9.34. The molecule has 1 amide bonds. The molecule has 0 aromatic heterocycles. The van der Waals surface area contributed by atoms with E-state index >= 15 is 0 Å².